The fourth-order valence-corrected chi connectivity index (χ4v) is 4.07. The first-order chi connectivity index (χ1) is 8.55. The van der Waals surface area contributed by atoms with Crippen LogP contribution in [0.3, 0.4) is 0 Å². The smallest absolute Gasteiger partial charge is 0.239 e. The van der Waals surface area contributed by atoms with Crippen molar-refractivity contribution in [2.75, 3.05) is 23.9 Å². The molecule has 100 valence electrons. The van der Waals surface area contributed by atoms with Crippen molar-refractivity contribution in [2.45, 2.75) is 18.6 Å². The van der Waals surface area contributed by atoms with E-state index in [-0.39, 0.29) is 0 Å². The summed E-state index contributed by atoms with van der Waals surface area (Å²) >= 11 is 0. The topological polar surface area (TPSA) is 49.4 Å². The predicted molar refractivity (Wildman–Crippen MR) is 69.6 cm³/mol. The van der Waals surface area contributed by atoms with E-state index in [2.05, 4.69) is 5.32 Å². The van der Waals surface area contributed by atoms with E-state index in [1.54, 1.807) is 13.0 Å². The average molecular weight is 272 g/mol. The van der Waals surface area contributed by atoms with Gasteiger partial charge in [0.15, 0.2) is 0 Å². The molecule has 0 radical (unpaired) electrons. The lowest BCUT2D eigenvalue weighted by Gasteiger charge is -2.26. The molecule has 2 rings (SSSR count). The molecule has 1 fully saturated rings. The van der Waals surface area contributed by atoms with Gasteiger partial charge in [0.1, 0.15) is 5.82 Å². The van der Waals surface area contributed by atoms with Gasteiger partial charge in [0.25, 0.3) is 0 Å². The molecule has 1 N–H and O–H groups in total. The molecule has 0 amide bonds. The zero-order valence-corrected chi connectivity index (χ0v) is 11.1. The number of rotatable bonds is 4. The van der Waals surface area contributed by atoms with Crippen molar-refractivity contribution in [3.63, 3.8) is 0 Å². The van der Waals surface area contributed by atoms with Crippen molar-refractivity contribution in [3.8, 4) is 0 Å². The highest BCUT2D eigenvalue weighted by Gasteiger charge is 2.33. The molecule has 6 heteroatoms. The summed E-state index contributed by atoms with van der Waals surface area (Å²) in [6.07, 6.45) is 0.605. The molecule has 4 nitrogen and oxygen atoms in total. The first-order valence-corrected chi connectivity index (χ1v) is 7.54. The summed E-state index contributed by atoms with van der Waals surface area (Å²) in [7, 11) is -3.42. The Bertz CT molecular complexity index is 513. The first-order valence-electron chi connectivity index (χ1n) is 6.03. The lowest BCUT2D eigenvalue weighted by Crippen LogP contribution is -2.39. The van der Waals surface area contributed by atoms with Crippen LogP contribution >= 0.6 is 0 Å². The van der Waals surface area contributed by atoms with E-state index in [9.17, 15) is 12.8 Å². The van der Waals surface area contributed by atoms with E-state index in [0.717, 1.165) is 0 Å². The second-order valence-electron chi connectivity index (χ2n) is 4.30. The van der Waals surface area contributed by atoms with Gasteiger partial charge in [-0.2, -0.15) is 0 Å². The summed E-state index contributed by atoms with van der Waals surface area (Å²) < 4.78 is 39.4. The molecule has 0 aliphatic carbocycles. The number of halogens is 1. The molecule has 18 heavy (non-hydrogen) atoms. The molecule has 1 aromatic rings. The van der Waals surface area contributed by atoms with Gasteiger partial charge in [0, 0.05) is 13.1 Å². The highest BCUT2D eigenvalue weighted by Crippen LogP contribution is 2.23. The van der Waals surface area contributed by atoms with Crippen LogP contribution in [0.2, 0.25) is 0 Å². The minimum atomic E-state index is -3.42. The molecular weight excluding hydrogens is 255 g/mol. The average Bonchev–Trinajstić information content (AvgIpc) is 2.83. The molecule has 0 spiro atoms. The van der Waals surface area contributed by atoms with Crippen LogP contribution < -0.4 is 9.62 Å². The van der Waals surface area contributed by atoms with Crippen molar-refractivity contribution in [1.82, 2.24) is 5.32 Å². The summed E-state index contributed by atoms with van der Waals surface area (Å²) in [6, 6.07) is 5.70. The van der Waals surface area contributed by atoms with Gasteiger partial charge < -0.3 is 5.32 Å². The van der Waals surface area contributed by atoms with Crippen LogP contribution in [0.15, 0.2) is 24.3 Å². The third kappa shape index (κ3) is 2.49. The molecule has 1 saturated heterocycles. The van der Waals surface area contributed by atoms with Crippen LogP contribution in [-0.4, -0.2) is 33.3 Å². The number of benzene rings is 1. The quantitative estimate of drug-likeness (QED) is 0.900. The minimum Gasteiger partial charge on any atom is -0.315 e. The number of nitrogens with zero attached hydrogens (tertiary/aromatic N) is 1. The van der Waals surface area contributed by atoms with E-state index in [0.29, 0.717) is 31.7 Å². The van der Waals surface area contributed by atoms with Crippen molar-refractivity contribution < 1.29 is 12.8 Å². The van der Waals surface area contributed by atoms with E-state index in [1.807, 2.05) is 0 Å². The maximum absolute atomic E-state index is 13.2. The number of anilines is 1. The molecular formula is C12H17FN2O2S. The molecule has 1 aliphatic rings. The Balaban J connectivity index is 2.33. The van der Waals surface area contributed by atoms with Crippen molar-refractivity contribution >= 4 is 15.7 Å². The maximum Gasteiger partial charge on any atom is 0.239 e. The van der Waals surface area contributed by atoms with Crippen molar-refractivity contribution in [2.24, 2.45) is 0 Å². The maximum atomic E-state index is 13.2. The monoisotopic (exact) mass is 272 g/mol. The second-order valence-corrected chi connectivity index (χ2v) is 6.44. The number of hydrogen-bond donors (Lipinski definition) is 1. The Hall–Kier alpha value is -1.14. The molecule has 1 unspecified atom stereocenters. The fourth-order valence-electron chi connectivity index (χ4n) is 2.20. The Labute approximate surface area is 107 Å². The van der Waals surface area contributed by atoms with E-state index >= 15 is 0 Å². The van der Waals surface area contributed by atoms with Crippen molar-refractivity contribution in [1.29, 1.82) is 0 Å². The predicted octanol–water partition coefficient (Wildman–Crippen LogP) is 1.34. The lowest BCUT2D eigenvalue weighted by atomic mass is 10.3. The van der Waals surface area contributed by atoms with Gasteiger partial charge in [-0.05, 0) is 38.1 Å². The number of nitrogens with one attached hydrogen (secondary N) is 1. The van der Waals surface area contributed by atoms with Crippen LogP contribution in [0.25, 0.3) is 0 Å². The highest BCUT2D eigenvalue weighted by molar-refractivity contribution is 7.93. The fraction of sp³-hybridized carbons (Fsp3) is 0.500. The van der Waals surface area contributed by atoms with E-state index < -0.39 is 21.1 Å². The van der Waals surface area contributed by atoms with Crippen LogP contribution in [0.4, 0.5) is 10.1 Å². The number of sulfonamides is 1. The summed E-state index contributed by atoms with van der Waals surface area (Å²) in [5.74, 6) is -0.425. The van der Waals surface area contributed by atoms with E-state index in [4.69, 9.17) is 0 Å². The van der Waals surface area contributed by atoms with Crippen LogP contribution in [-0.2, 0) is 10.0 Å². The van der Waals surface area contributed by atoms with Gasteiger partial charge in [0.2, 0.25) is 10.0 Å². The van der Waals surface area contributed by atoms with Gasteiger partial charge in [-0.1, -0.05) is 6.07 Å². The van der Waals surface area contributed by atoms with Gasteiger partial charge >= 0.3 is 0 Å². The van der Waals surface area contributed by atoms with Gasteiger partial charge in [-0.25, -0.2) is 12.8 Å². The lowest BCUT2D eigenvalue weighted by molar-refractivity contribution is 0.578. The summed E-state index contributed by atoms with van der Waals surface area (Å²) in [5.41, 5.74) is 0.393. The Morgan fingerprint density at radius 1 is 1.50 bits per heavy atom. The molecule has 0 aromatic heterocycles. The largest absolute Gasteiger partial charge is 0.315 e. The third-order valence-corrected chi connectivity index (χ3v) is 5.46. The molecule has 1 aromatic carbocycles. The highest BCUT2D eigenvalue weighted by atomic mass is 32.2. The summed E-state index contributed by atoms with van der Waals surface area (Å²) in [6.45, 7) is 3.24. The Kier molecular flexibility index (Phi) is 3.87. The van der Waals surface area contributed by atoms with Crippen LogP contribution in [0.5, 0.6) is 0 Å². The standard InChI is InChI=1S/C12H17FN2O2S/c1-2-15(11-5-3-4-10(13)8-11)18(16,17)12-6-7-14-9-12/h3-5,8,12,14H,2,6-7,9H2,1H3. The third-order valence-electron chi connectivity index (χ3n) is 3.13. The SMILES string of the molecule is CCN(c1cccc(F)c1)S(=O)(=O)C1CCNC1. The summed E-state index contributed by atoms with van der Waals surface area (Å²) in [5, 5.41) is 2.62. The van der Waals surface area contributed by atoms with Crippen LogP contribution in [0.1, 0.15) is 13.3 Å². The van der Waals surface area contributed by atoms with Gasteiger partial charge in [-0.3, -0.25) is 4.31 Å². The summed E-state index contributed by atoms with van der Waals surface area (Å²) in [4.78, 5) is 0. The zero-order chi connectivity index (χ0) is 13.2. The van der Waals surface area contributed by atoms with Gasteiger partial charge in [-0.15, -0.1) is 0 Å². The Morgan fingerprint density at radius 2 is 2.28 bits per heavy atom. The second kappa shape index (κ2) is 5.24. The molecule has 1 atom stereocenters. The Morgan fingerprint density at radius 3 is 2.83 bits per heavy atom. The van der Waals surface area contributed by atoms with Gasteiger partial charge in [0.05, 0.1) is 10.9 Å². The molecule has 0 saturated carbocycles. The normalized spacial score (nSPS) is 20.0. The molecule has 1 heterocycles. The molecule has 0 bridgehead atoms. The van der Waals surface area contributed by atoms with Crippen LogP contribution in [0, 0.1) is 5.82 Å². The minimum absolute atomic E-state index is 0.308. The van der Waals surface area contributed by atoms with Crippen molar-refractivity contribution in [3.05, 3.63) is 30.1 Å². The zero-order valence-electron chi connectivity index (χ0n) is 10.3. The molecule has 1 aliphatic heterocycles. The number of hydrogen-bond acceptors (Lipinski definition) is 3. The van der Waals surface area contributed by atoms with E-state index in [1.165, 1.54) is 22.5 Å². The first kappa shape index (κ1) is 13.3.